The highest BCUT2D eigenvalue weighted by Crippen LogP contribution is 2.37. The van der Waals surface area contributed by atoms with Gasteiger partial charge in [-0.3, -0.25) is 4.79 Å². The number of nitrogens with one attached hydrogen (secondary N) is 1. The number of carbonyl (C=O) groups is 1. The predicted octanol–water partition coefficient (Wildman–Crippen LogP) is 3.12. The van der Waals surface area contributed by atoms with Crippen molar-refractivity contribution in [3.8, 4) is 5.75 Å². The van der Waals surface area contributed by atoms with Crippen molar-refractivity contribution in [3.63, 3.8) is 0 Å². The van der Waals surface area contributed by atoms with E-state index in [0.29, 0.717) is 24.6 Å². The molecule has 0 unspecified atom stereocenters. The van der Waals surface area contributed by atoms with E-state index in [1.807, 2.05) is 31.2 Å². The average Bonchev–Trinajstić information content (AvgIpc) is 2.61. The lowest BCUT2D eigenvalue weighted by Crippen LogP contribution is -2.43. The van der Waals surface area contributed by atoms with Gasteiger partial charge in [0.25, 0.3) is 5.91 Å². The summed E-state index contributed by atoms with van der Waals surface area (Å²) < 4.78 is 24.9. The highest BCUT2D eigenvalue weighted by molar-refractivity contribution is 5.96. The molecule has 1 N–H and O–H groups in total. The zero-order valence-electron chi connectivity index (χ0n) is 13.9. The van der Waals surface area contributed by atoms with Crippen LogP contribution in [-0.4, -0.2) is 31.8 Å². The van der Waals surface area contributed by atoms with Crippen LogP contribution in [0.25, 0.3) is 0 Å². The predicted molar refractivity (Wildman–Crippen MR) is 92.5 cm³/mol. The Kier molecular flexibility index (Phi) is 4.05. The molecule has 1 fully saturated rings. The third-order valence-electron chi connectivity index (χ3n) is 4.53. The van der Waals surface area contributed by atoms with Crippen LogP contribution in [0, 0.1) is 5.82 Å². The van der Waals surface area contributed by atoms with Crippen LogP contribution in [0.3, 0.4) is 0 Å². The highest BCUT2D eigenvalue weighted by atomic mass is 19.1. The number of anilines is 2. The van der Waals surface area contributed by atoms with E-state index >= 15 is 0 Å². The molecule has 0 aromatic heterocycles. The number of hydrogen-bond donors (Lipinski definition) is 1. The molecule has 6 heteroatoms. The third-order valence-corrected chi connectivity index (χ3v) is 4.53. The Balaban J connectivity index is 1.70. The minimum Gasteiger partial charge on any atom is -0.482 e. The maximum Gasteiger partial charge on any atom is 0.262 e. The number of carbonyl (C=O) groups excluding carboxylic acids is 1. The Morgan fingerprint density at radius 1 is 1.24 bits per heavy atom. The summed E-state index contributed by atoms with van der Waals surface area (Å²) in [6.07, 6.45) is 0.0617. The summed E-state index contributed by atoms with van der Waals surface area (Å²) in [6.45, 7) is 3.20. The fourth-order valence-electron chi connectivity index (χ4n) is 3.33. The lowest BCUT2D eigenvalue weighted by Gasteiger charge is -2.41. The second kappa shape index (κ2) is 6.37. The molecule has 2 atom stereocenters. The van der Waals surface area contributed by atoms with Crippen LogP contribution >= 0.6 is 0 Å². The van der Waals surface area contributed by atoms with Gasteiger partial charge < -0.3 is 19.7 Å². The standard InChI is InChI=1S/C19H19FN2O3/c1-12-9-22(17(10-24-12)13-3-2-4-14(20)7-13)15-5-6-18-16(8-15)21-19(23)11-25-18/h2-8,12,17H,9-11H2,1H3,(H,21,23)/t12-,17+/m1/s1. The lowest BCUT2D eigenvalue weighted by atomic mass is 10.0. The molecule has 25 heavy (non-hydrogen) atoms. The van der Waals surface area contributed by atoms with Gasteiger partial charge in [-0.25, -0.2) is 4.39 Å². The zero-order valence-corrected chi connectivity index (χ0v) is 13.9. The lowest BCUT2D eigenvalue weighted by molar-refractivity contribution is -0.118. The summed E-state index contributed by atoms with van der Waals surface area (Å²) >= 11 is 0. The summed E-state index contributed by atoms with van der Waals surface area (Å²) in [4.78, 5) is 13.8. The van der Waals surface area contributed by atoms with Crippen molar-refractivity contribution in [1.82, 2.24) is 0 Å². The molecule has 5 nitrogen and oxygen atoms in total. The fraction of sp³-hybridized carbons (Fsp3) is 0.316. The molecule has 1 saturated heterocycles. The SMILES string of the molecule is C[C@@H]1CN(c2ccc3c(c2)NC(=O)CO3)[C@H](c2cccc(F)c2)CO1. The molecule has 2 aliphatic heterocycles. The van der Waals surface area contributed by atoms with Crippen molar-refractivity contribution in [3.05, 3.63) is 53.8 Å². The Bertz CT molecular complexity index is 811. The number of halogens is 1. The Morgan fingerprint density at radius 2 is 2.12 bits per heavy atom. The molecule has 0 aliphatic carbocycles. The van der Waals surface area contributed by atoms with E-state index in [9.17, 15) is 9.18 Å². The molecular formula is C19H19FN2O3. The van der Waals surface area contributed by atoms with E-state index in [-0.39, 0.29) is 30.5 Å². The molecule has 0 bridgehead atoms. The molecule has 2 heterocycles. The minimum absolute atomic E-state index is 0.0346. The van der Waals surface area contributed by atoms with E-state index < -0.39 is 0 Å². The average molecular weight is 342 g/mol. The second-order valence-corrected chi connectivity index (χ2v) is 6.38. The van der Waals surface area contributed by atoms with Gasteiger partial charge in [0.1, 0.15) is 11.6 Å². The highest BCUT2D eigenvalue weighted by Gasteiger charge is 2.29. The summed E-state index contributed by atoms with van der Waals surface area (Å²) in [7, 11) is 0. The fourth-order valence-corrected chi connectivity index (χ4v) is 3.33. The first kappa shape index (κ1) is 15.9. The van der Waals surface area contributed by atoms with Crippen LogP contribution in [-0.2, 0) is 9.53 Å². The van der Waals surface area contributed by atoms with E-state index in [0.717, 1.165) is 11.3 Å². The first-order chi connectivity index (χ1) is 12.1. The monoisotopic (exact) mass is 342 g/mol. The smallest absolute Gasteiger partial charge is 0.262 e. The number of benzene rings is 2. The van der Waals surface area contributed by atoms with Crippen molar-refractivity contribution in [2.45, 2.75) is 19.1 Å². The Hall–Kier alpha value is -2.60. The number of morpholine rings is 1. The molecular weight excluding hydrogens is 323 g/mol. The minimum atomic E-state index is -0.262. The summed E-state index contributed by atoms with van der Waals surface area (Å²) in [6, 6.07) is 12.2. The van der Waals surface area contributed by atoms with Crippen molar-refractivity contribution in [1.29, 1.82) is 0 Å². The van der Waals surface area contributed by atoms with Gasteiger partial charge in [0.05, 0.1) is 24.4 Å². The number of rotatable bonds is 2. The maximum atomic E-state index is 13.7. The van der Waals surface area contributed by atoms with Crippen LogP contribution in [0.4, 0.5) is 15.8 Å². The van der Waals surface area contributed by atoms with Gasteiger partial charge in [0, 0.05) is 12.2 Å². The van der Waals surface area contributed by atoms with Crippen LogP contribution in [0.15, 0.2) is 42.5 Å². The van der Waals surface area contributed by atoms with Crippen molar-refractivity contribution >= 4 is 17.3 Å². The van der Waals surface area contributed by atoms with Crippen LogP contribution < -0.4 is 15.0 Å². The zero-order chi connectivity index (χ0) is 17.4. The molecule has 0 radical (unpaired) electrons. The van der Waals surface area contributed by atoms with Gasteiger partial charge in [-0.1, -0.05) is 12.1 Å². The van der Waals surface area contributed by atoms with E-state index in [4.69, 9.17) is 9.47 Å². The number of ether oxygens (including phenoxy) is 2. The van der Waals surface area contributed by atoms with Gasteiger partial charge in [-0.2, -0.15) is 0 Å². The third kappa shape index (κ3) is 3.17. The summed E-state index contributed by atoms with van der Waals surface area (Å²) in [5.74, 6) is 0.232. The van der Waals surface area contributed by atoms with Gasteiger partial charge >= 0.3 is 0 Å². The van der Waals surface area contributed by atoms with Crippen molar-refractivity contribution in [2.24, 2.45) is 0 Å². The topological polar surface area (TPSA) is 50.8 Å². The van der Waals surface area contributed by atoms with Gasteiger partial charge in [0.15, 0.2) is 6.61 Å². The molecule has 1 amide bonds. The van der Waals surface area contributed by atoms with Gasteiger partial charge in [0.2, 0.25) is 0 Å². The first-order valence-electron chi connectivity index (χ1n) is 8.30. The van der Waals surface area contributed by atoms with Crippen LogP contribution in [0.2, 0.25) is 0 Å². The number of hydrogen-bond acceptors (Lipinski definition) is 4. The Labute approximate surface area is 145 Å². The number of nitrogens with zero attached hydrogens (tertiary/aromatic N) is 1. The summed E-state index contributed by atoms with van der Waals surface area (Å²) in [5, 5.41) is 2.83. The van der Waals surface area contributed by atoms with E-state index in [1.54, 1.807) is 12.1 Å². The van der Waals surface area contributed by atoms with Crippen LogP contribution in [0.5, 0.6) is 5.75 Å². The second-order valence-electron chi connectivity index (χ2n) is 6.38. The van der Waals surface area contributed by atoms with E-state index in [1.165, 1.54) is 6.07 Å². The molecule has 0 saturated carbocycles. The molecule has 2 aromatic carbocycles. The Morgan fingerprint density at radius 3 is 2.96 bits per heavy atom. The summed E-state index contributed by atoms with van der Waals surface area (Å²) in [5.41, 5.74) is 2.46. The molecule has 130 valence electrons. The van der Waals surface area contributed by atoms with Crippen molar-refractivity contribution in [2.75, 3.05) is 30.0 Å². The maximum absolute atomic E-state index is 13.7. The van der Waals surface area contributed by atoms with Crippen molar-refractivity contribution < 1.29 is 18.7 Å². The largest absolute Gasteiger partial charge is 0.482 e. The molecule has 2 aromatic rings. The molecule has 4 rings (SSSR count). The van der Waals surface area contributed by atoms with E-state index in [2.05, 4.69) is 10.2 Å². The first-order valence-corrected chi connectivity index (χ1v) is 8.30. The molecule has 0 spiro atoms. The normalized spacial score (nSPS) is 22.8. The quantitative estimate of drug-likeness (QED) is 0.911. The van der Waals surface area contributed by atoms with Crippen LogP contribution in [0.1, 0.15) is 18.5 Å². The number of amides is 1. The van der Waals surface area contributed by atoms with Gasteiger partial charge in [-0.05, 0) is 42.8 Å². The number of fused-ring (bicyclic) bond motifs is 1. The molecule has 2 aliphatic rings. The van der Waals surface area contributed by atoms with Gasteiger partial charge in [-0.15, -0.1) is 0 Å².